The number of alkyl carbamates (subject to hydrolysis) is 2. The number of H-pyrrole nitrogens is 1. The number of fused-ring (bicyclic) bond motifs is 4. The molecule has 0 bridgehead atoms. The maximum absolute atomic E-state index is 14.3. The average molecular weight is 1470 g/mol. The normalized spacial score (nSPS) is 26.6. The predicted molar refractivity (Wildman–Crippen MR) is 367 cm³/mol. The lowest BCUT2D eigenvalue weighted by molar-refractivity contribution is -0.150. The van der Waals surface area contributed by atoms with Gasteiger partial charge in [-0.25, -0.2) is 29.0 Å². The van der Waals surface area contributed by atoms with E-state index in [1.54, 1.807) is 67.8 Å². The van der Waals surface area contributed by atoms with E-state index in [2.05, 4.69) is 68.4 Å². The number of rotatable bonds is 9. The van der Waals surface area contributed by atoms with Crippen LogP contribution in [0, 0.1) is 11.8 Å². The second-order valence-electron chi connectivity index (χ2n) is 27.1. The van der Waals surface area contributed by atoms with Crippen LogP contribution in [0.3, 0.4) is 0 Å². The first-order chi connectivity index (χ1) is 46.1. The van der Waals surface area contributed by atoms with Crippen LogP contribution in [0.15, 0.2) is 116 Å². The number of benzene rings is 2. The minimum absolute atomic E-state index is 0.0107. The van der Waals surface area contributed by atoms with Gasteiger partial charge in [0.15, 0.2) is 0 Å². The first-order valence-electron chi connectivity index (χ1n) is 33.3. The van der Waals surface area contributed by atoms with E-state index >= 15 is 0 Å². The summed E-state index contributed by atoms with van der Waals surface area (Å²) in [6.45, 7) is 14.1. The van der Waals surface area contributed by atoms with E-state index in [0.29, 0.717) is 53.0 Å². The Balaban J connectivity index is 0.000000212. The minimum Gasteiger partial charge on any atom is -0.464 e. The lowest BCUT2D eigenvalue weighted by Gasteiger charge is -2.30. The lowest BCUT2D eigenvalue weighted by atomic mass is 10.0. The molecule has 6 amide bonds. The van der Waals surface area contributed by atoms with Crippen molar-refractivity contribution in [2.45, 2.75) is 204 Å². The zero-order valence-electron chi connectivity index (χ0n) is 56.2. The molecule has 10 atom stereocenters. The first kappa shape index (κ1) is 74.7. The predicted octanol–water partition coefficient (Wildman–Crippen LogP) is 8.67. The molecule has 2 saturated heterocycles. The van der Waals surface area contributed by atoms with Crippen LogP contribution in [-0.4, -0.2) is 161 Å². The van der Waals surface area contributed by atoms with Crippen LogP contribution >= 0.6 is 31.9 Å². The summed E-state index contributed by atoms with van der Waals surface area (Å²) < 4.78 is 23.5. The maximum Gasteiger partial charge on any atom is 0.408 e. The Morgan fingerprint density at radius 2 is 1.07 bits per heavy atom. The Labute approximate surface area is 581 Å². The van der Waals surface area contributed by atoms with E-state index in [-0.39, 0.29) is 56.5 Å². The van der Waals surface area contributed by atoms with Gasteiger partial charge in [-0.15, -0.1) is 0 Å². The number of amides is 6. The first-order valence-corrected chi connectivity index (χ1v) is 34.9. The summed E-state index contributed by atoms with van der Waals surface area (Å²) in [5.74, 6) is -3.38. The molecular weight excluding hydrogens is 1380 g/mol. The average Bonchev–Trinajstić information content (AvgIpc) is 1.58. The van der Waals surface area contributed by atoms with Gasteiger partial charge in [-0.1, -0.05) is 111 Å². The fraction of sp³-hybridized carbons (Fsp3) is 0.543. The molecule has 97 heavy (non-hydrogen) atoms. The SMILES string of the molecule is CCOC(=O)[C@@]12C[C@H]1/C=C\CCCCC[C@H](NC(=O)OC(C)(C)C)C(=O)N1C[C@@H](O)C[C@H]1C(=O)N2.CCOC(=O)[C@@]12C[C@H]1/C=C\CCCCC[C@H](NC(=O)OC(C)(C)C)C(=O)N1C[C@H](n3ncc(-c4ccccc4)c(Br)c3=O)C[C@H]1C(=O)N2.O=c1[nH]ncc(-c2ccccc2)c1Br. The third-order valence-corrected chi connectivity index (χ3v) is 19.0. The fourth-order valence-corrected chi connectivity index (χ4v) is 13.4. The van der Waals surface area contributed by atoms with Crippen LogP contribution in [0.25, 0.3) is 22.3 Å². The van der Waals surface area contributed by atoms with Crippen molar-refractivity contribution < 1.29 is 62.4 Å². The molecule has 6 aliphatic rings. The number of hydrogen-bond donors (Lipinski definition) is 6. The summed E-state index contributed by atoms with van der Waals surface area (Å²) in [4.78, 5) is 134. The van der Waals surface area contributed by atoms with Gasteiger partial charge >= 0.3 is 24.1 Å². The Kier molecular flexibility index (Phi) is 25.4. The summed E-state index contributed by atoms with van der Waals surface area (Å²) in [6.07, 6.45) is 16.8. The molecule has 6 N–H and O–H groups in total. The summed E-state index contributed by atoms with van der Waals surface area (Å²) in [5, 5.41) is 32.1. The zero-order chi connectivity index (χ0) is 70.4. The topological polar surface area (TPSA) is 329 Å². The molecule has 25 nitrogen and oxygen atoms in total. The maximum atomic E-state index is 14.3. The number of aromatic nitrogens is 4. The summed E-state index contributed by atoms with van der Waals surface area (Å²) in [7, 11) is 0. The lowest BCUT2D eigenvalue weighted by Crippen LogP contribution is -2.56. The van der Waals surface area contributed by atoms with Crippen molar-refractivity contribution in [3.8, 4) is 22.3 Å². The van der Waals surface area contributed by atoms with Crippen molar-refractivity contribution in [2.24, 2.45) is 11.8 Å². The number of aliphatic hydroxyl groups is 1. The largest absolute Gasteiger partial charge is 0.464 e. The molecule has 2 aromatic heterocycles. The molecule has 10 rings (SSSR count). The van der Waals surface area contributed by atoms with E-state index in [0.717, 1.165) is 55.2 Å². The van der Waals surface area contributed by atoms with Crippen LogP contribution in [0.2, 0.25) is 0 Å². The summed E-state index contributed by atoms with van der Waals surface area (Å²) >= 11 is 6.69. The standard InChI is InChI=1S/C35H44BrN5O7.C25H39N3O7.C10H7BrN2O/c1-5-47-32(45)35-19-23(35)16-12-7-6-8-13-17-26(38-33(46)48-34(2,3)4)30(43)40-21-24(18-27(40)29(42)39-35)41-31(44)28(36)25(20-37-41)22-14-10-9-11-15-22;1-5-34-22(32)25-14-16(25)11-9-7-6-8-10-12-18(26-23(33)35-24(2,3)4)21(31)28-15-17(29)13-19(28)20(30)27-25;11-9-8(6-12-13-10(9)14)7-4-2-1-3-5-7/h9-12,14-16,20,23-24,26-27H,5-8,13,17-19,21H2,1-4H3,(H,38,46)(H,39,42);9,11,16-19,29H,5-8,10,12-15H2,1-4H3,(H,26,33)(H,27,30);1-6H,(H,13,14)/b16-12-;11-9-;/t23-,24-,26+,27+,35-;16-,17+,18+,19+,25-;/m11./s1. The Morgan fingerprint density at radius 1 is 0.619 bits per heavy atom. The van der Waals surface area contributed by atoms with Gasteiger partial charge in [0, 0.05) is 48.9 Å². The van der Waals surface area contributed by atoms with Gasteiger partial charge in [0.25, 0.3) is 11.1 Å². The zero-order valence-corrected chi connectivity index (χ0v) is 59.4. The molecule has 4 aliphatic heterocycles. The van der Waals surface area contributed by atoms with E-state index in [1.165, 1.54) is 14.5 Å². The van der Waals surface area contributed by atoms with Gasteiger partial charge in [-0.05, 0) is 150 Å². The smallest absolute Gasteiger partial charge is 0.408 e. The van der Waals surface area contributed by atoms with Crippen molar-refractivity contribution in [3.63, 3.8) is 0 Å². The second kappa shape index (κ2) is 33.0. The number of nitrogens with one attached hydrogen (secondary N) is 5. The van der Waals surface area contributed by atoms with Crippen LogP contribution in [0.4, 0.5) is 9.59 Å². The summed E-state index contributed by atoms with van der Waals surface area (Å²) in [5.41, 5.74) is -1.33. The van der Waals surface area contributed by atoms with E-state index < -0.39 is 112 Å². The molecule has 4 fully saturated rings. The van der Waals surface area contributed by atoms with Crippen molar-refractivity contribution in [3.05, 3.63) is 127 Å². The van der Waals surface area contributed by atoms with Crippen molar-refractivity contribution in [1.82, 2.24) is 51.0 Å². The number of halogens is 2. The molecule has 2 aromatic carbocycles. The number of esters is 2. The van der Waals surface area contributed by atoms with Crippen LogP contribution in [-0.2, 0) is 47.7 Å². The number of aliphatic hydroxyl groups excluding tert-OH is 1. The third kappa shape index (κ3) is 19.4. The van der Waals surface area contributed by atoms with Crippen molar-refractivity contribution in [1.29, 1.82) is 0 Å². The minimum atomic E-state index is -1.24. The molecule has 524 valence electrons. The van der Waals surface area contributed by atoms with Gasteiger partial charge < -0.3 is 55.1 Å². The molecule has 2 aliphatic carbocycles. The number of ether oxygens (including phenoxy) is 4. The Hall–Kier alpha value is -8.04. The van der Waals surface area contributed by atoms with Gasteiger partial charge in [0.1, 0.15) is 46.4 Å². The van der Waals surface area contributed by atoms with Crippen LogP contribution in [0.5, 0.6) is 0 Å². The molecule has 4 aromatic rings. The number of aromatic amines is 1. The van der Waals surface area contributed by atoms with E-state index in [1.807, 2.05) is 85.0 Å². The number of allylic oxidation sites excluding steroid dienone is 2. The third-order valence-electron chi connectivity index (χ3n) is 17.4. The second-order valence-corrected chi connectivity index (χ2v) is 28.7. The van der Waals surface area contributed by atoms with Crippen molar-refractivity contribution in [2.75, 3.05) is 26.3 Å². The van der Waals surface area contributed by atoms with E-state index in [9.17, 15) is 53.1 Å². The number of carbonyl (C=O) groups excluding carboxylic acids is 8. The molecule has 0 unspecified atom stereocenters. The van der Waals surface area contributed by atoms with Crippen LogP contribution < -0.4 is 32.4 Å². The Morgan fingerprint density at radius 3 is 1.54 bits per heavy atom. The molecule has 6 heterocycles. The number of nitrogens with zero attached hydrogens (tertiary/aromatic N) is 5. The highest BCUT2D eigenvalue weighted by molar-refractivity contribution is 9.11. The van der Waals surface area contributed by atoms with E-state index in [4.69, 9.17) is 18.9 Å². The highest BCUT2D eigenvalue weighted by Gasteiger charge is 2.63. The van der Waals surface area contributed by atoms with Crippen molar-refractivity contribution >= 4 is 79.6 Å². The Bertz CT molecular complexity index is 3670. The molecule has 27 heteroatoms. The van der Waals surface area contributed by atoms with Gasteiger partial charge in [0.05, 0.1) is 46.7 Å². The van der Waals surface area contributed by atoms with Crippen LogP contribution in [0.1, 0.15) is 151 Å². The fourth-order valence-electron chi connectivity index (χ4n) is 12.5. The monoisotopic (exact) mass is 1470 g/mol. The molecule has 0 radical (unpaired) electrons. The summed E-state index contributed by atoms with van der Waals surface area (Å²) in [6, 6.07) is 14.5. The van der Waals surface area contributed by atoms with Gasteiger partial charge in [0.2, 0.25) is 23.6 Å². The molecule has 2 saturated carbocycles. The molecule has 0 spiro atoms. The van der Waals surface area contributed by atoms with Gasteiger partial charge in [-0.2, -0.15) is 10.2 Å². The number of carbonyl (C=O) groups is 8. The highest BCUT2D eigenvalue weighted by Crippen LogP contribution is 2.48. The van der Waals surface area contributed by atoms with Gasteiger partial charge in [-0.3, -0.25) is 28.8 Å². The highest BCUT2D eigenvalue weighted by atomic mass is 79.9. The quantitative estimate of drug-likeness (QED) is 0.0518. The molecular formula is C70H90Br2N10O15. The number of hydrogen-bond acceptors (Lipinski definition) is 17.